The SMILES string of the molecule is Cn1ccnc1-c1nc(CN)sc1-c1ccccc1F. The van der Waals surface area contributed by atoms with Gasteiger partial charge in [0.2, 0.25) is 0 Å². The molecule has 1 aromatic carbocycles. The number of benzene rings is 1. The van der Waals surface area contributed by atoms with Gasteiger partial charge < -0.3 is 10.3 Å². The second-order valence-corrected chi connectivity index (χ2v) is 5.41. The van der Waals surface area contributed by atoms with Crippen LogP contribution in [0.5, 0.6) is 0 Å². The second kappa shape index (κ2) is 5.15. The summed E-state index contributed by atoms with van der Waals surface area (Å²) < 4.78 is 15.9. The molecule has 0 aliphatic heterocycles. The summed E-state index contributed by atoms with van der Waals surface area (Å²) in [5, 5.41) is 0.765. The van der Waals surface area contributed by atoms with Crippen molar-refractivity contribution >= 4 is 11.3 Å². The van der Waals surface area contributed by atoms with Crippen LogP contribution in [0.15, 0.2) is 36.7 Å². The van der Waals surface area contributed by atoms with E-state index < -0.39 is 0 Å². The molecule has 0 unspecified atom stereocenters. The molecule has 4 nitrogen and oxygen atoms in total. The molecule has 3 aromatic rings. The van der Waals surface area contributed by atoms with Gasteiger partial charge in [0, 0.05) is 31.5 Å². The third-order valence-electron chi connectivity index (χ3n) is 3.00. The summed E-state index contributed by atoms with van der Waals surface area (Å²) in [7, 11) is 1.88. The Balaban J connectivity index is 2.23. The molecule has 0 amide bonds. The molecule has 102 valence electrons. The fraction of sp³-hybridized carbons (Fsp3) is 0.143. The van der Waals surface area contributed by atoms with E-state index in [4.69, 9.17) is 5.73 Å². The van der Waals surface area contributed by atoms with Crippen molar-refractivity contribution in [2.45, 2.75) is 6.54 Å². The fourth-order valence-electron chi connectivity index (χ4n) is 2.02. The van der Waals surface area contributed by atoms with E-state index >= 15 is 0 Å². The number of thiazole rings is 1. The highest BCUT2D eigenvalue weighted by atomic mass is 32.1. The first-order valence-electron chi connectivity index (χ1n) is 6.13. The monoisotopic (exact) mass is 288 g/mol. The molecule has 0 atom stereocenters. The number of hydrogen-bond donors (Lipinski definition) is 1. The lowest BCUT2D eigenvalue weighted by atomic mass is 10.1. The van der Waals surface area contributed by atoms with Gasteiger partial charge in [0.15, 0.2) is 5.82 Å². The van der Waals surface area contributed by atoms with Crippen LogP contribution in [0.1, 0.15) is 5.01 Å². The average molecular weight is 288 g/mol. The largest absolute Gasteiger partial charge is 0.333 e. The number of nitrogens with zero attached hydrogens (tertiary/aromatic N) is 3. The van der Waals surface area contributed by atoms with Crippen LogP contribution in [0.25, 0.3) is 22.0 Å². The maximum atomic E-state index is 14.0. The highest BCUT2D eigenvalue weighted by Gasteiger charge is 2.19. The molecule has 2 heterocycles. The van der Waals surface area contributed by atoms with Crippen LogP contribution in [0.4, 0.5) is 4.39 Å². The lowest BCUT2D eigenvalue weighted by Gasteiger charge is -2.03. The summed E-state index contributed by atoms with van der Waals surface area (Å²) in [6.45, 7) is 0.330. The summed E-state index contributed by atoms with van der Waals surface area (Å²) in [5.74, 6) is 0.439. The lowest BCUT2D eigenvalue weighted by Crippen LogP contribution is -1.97. The standard InChI is InChI=1S/C14H13FN4S/c1-19-7-6-17-14(19)12-13(20-11(8-16)18-12)9-4-2-3-5-10(9)15/h2-7H,8,16H2,1H3. The van der Waals surface area contributed by atoms with E-state index in [1.54, 1.807) is 18.3 Å². The Labute approximate surface area is 119 Å². The highest BCUT2D eigenvalue weighted by molar-refractivity contribution is 7.15. The molecule has 2 N–H and O–H groups in total. The van der Waals surface area contributed by atoms with Crippen molar-refractivity contribution in [3.05, 3.63) is 47.5 Å². The van der Waals surface area contributed by atoms with Crippen LogP contribution in [0, 0.1) is 5.82 Å². The number of imidazole rings is 1. The Morgan fingerprint density at radius 1 is 1.35 bits per heavy atom. The van der Waals surface area contributed by atoms with Gasteiger partial charge in [-0.3, -0.25) is 0 Å². The fourth-order valence-corrected chi connectivity index (χ4v) is 2.99. The maximum absolute atomic E-state index is 14.0. The zero-order chi connectivity index (χ0) is 14.1. The Morgan fingerprint density at radius 2 is 2.15 bits per heavy atom. The van der Waals surface area contributed by atoms with E-state index in [1.807, 2.05) is 23.9 Å². The zero-order valence-electron chi connectivity index (χ0n) is 10.9. The van der Waals surface area contributed by atoms with Gasteiger partial charge in [-0.25, -0.2) is 14.4 Å². The summed E-state index contributed by atoms with van der Waals surface area (Å²) in [6, 6.07) is 6.67. The minimum absolute atomic E-state index is 0.268. The molecule has 0 aliphatic carbocycles. The van der Waals surface area contributed by atoms with Crippen LogP contribution in [0.3, 0.4) is 0 Å². The molecular weight excluding hydrogens is 275 g/mol. The third kappa shape index (κ3) is 2.13. The smallest absolute Gasteiger partial charge is 0.159 e. The van der Waals surface area contributed by atoms with Crippen molar-refractivity contribution in [1.82, 2.24) is 14.5 Å². The van der Waals surface area contributed by atoms with E-state index in [0.717, 1.165) is 9.88 Å². The number of aromatic nitrogens is 3. The quantitative estimate of drug-likeness (QED) is 0.806. The molecule has 20 heavy (non-hydrogen) atoms. The van der Waals surface area contributed by atoms with Gasteiger partial charge in [0.25, 0.3) is 0 Å². The first kappa shape index (κ1) is 13.0. The van der Waals surface area contributed by atoms with Crippen LogP contribution < -0.4 is 5.73 Å². The Morgan fingerprint density at radius 3 is 2.80 bits per heavy atom. The Hall–Kier alpha value is -2.05. The van der Waals surface area contributed by atoms with Gasteiger partial charge in [-0.1, -0.05) is 18.2 Å². The molecule has 0 saturated heterocycles. The number of rotatable bonds is 3. The molecule has 0 aliphatic rings. The van der Waals surface area contributed by atoms with Crippen molar-refractivity contribution in [3.8, 4) is 22.0 Å². The molecule has 0 spiro atoms. The van der Waals surface area contributed by atoms with Gasteiger partial charge in [0.1, 0.15) is 16.5 Å². The first-order chi connectivity index (χ1) is 9.70. The number of hydrogen-bond acceptors (Lipinski definition) is 4. The average Bonchev–Trinajstić information content (AvgIpc) is 3.05. The van der Waals surface area contributed by atoms with Gasteiger partial charge >= 0.3 is 0 Å². The van der Waals surface area contributed by atoms with E-state index in [9.17, 15) is 4.39 Å². The Bertz CT molecular complexity index is 747. The van der Waals surface area contributed by atoms with Crippen LogP contribution in [0.2, 0.25) is 0 Å². The normalized spacial score (nSPS) is 10.9. The molecule has 0 saturated carbocycles. The first-order valence-corrected chi connectivity index (χ1v) is 6.94. The van der Waals surface area contributed by atoms with E-state index in [-0.39, 0.29) is 5.82 Å². The summed E-state index contributed by atoms with van der Waals surface area (Å²) >= 11 is 1.40. The molecule has 2 aromatic heterocycles. The van der Waals surface area contributed by atoms with Crippen molar-refractivity contribution in [1.29, 1.82) is 0 Å². The highest BCUT2D eigenvalue weighted by Crippen LogP contribution is 2.37. The number of halogens is 1. The molecule has 0 fully saturated rings. The van der Waals surface area contributed by atoms with Crippen LogP contribution in [-0.2, 0) is 13.6 Å². The van der Waals surface area contributed by atoms with E-state index in [2.05, 4.69) is 9.97 Å². The predicted octanol–water partition coefficient (Wildman–Crippen LogP) is 2.81. The lowest BCUT2D eigenvalue weighted by molar-refractivity contribution is 0.631. The molecule has 3 rings (SSSR count). The van der Waals surface area contributed by atoms with E-state index in [1.165, 1.54) is 17.4 Å². The molecule has 0 bridgehead atoms. The van der Waals surface area contributed by atoms with Crippen molar-refractivity contribution in [3.63, 3.8) is 0 Å². The van der Waals surface area contributed by atoms with Crippen LogP contribution in [-0.4, -0.2) is 14.5 Å². The third-order valence-corrected chi connectivity index (χ3v) is 4.11. The number of nitrogens with two attached hydrogens (primary N) is 1. The Kier molecular flexibility index (Phi) is 3.33. The topological polar surface area (TPSA) is 56.7 Å². The maximum Gasteiger partial charge on any atom is 0.159 e. The van der Waals surface area contributed by atoms with Gasteiger partial charge in [0.05, 0.1) is 4.88 Å². The molecule has 6 heteroatoms. The minimum atomic E-state index is -0.268. The predicted molar refractivity (Wildman–Crippen MR) is 77.6 cm³/mol. The molecule has 0 radical (unpaired) electrons. The van der Waals surface area contributed by atoms with Crippen LogP contribution >= 0.6 is 11.3 Å². The number of aryl methyl sites for hydroxylation is 1. The summed E-state index contributed by atoms with van der Waals surface area (Å²) in [5.41, 5.74) is 6.87. The molecular formula is C14H13FN4S. The zero-order valence-corrected chi connectivity index (χ0v) is 11.7. The van der Waals surface area contributed by atoms with Gasteiger partial charge in [-0.05, 0) is 6.07 Å². The van der Waals surface area contributed by atoms with Crippen molar-refractivity contribution in [2.24, 2.45) is 12.8 Å². The van der Waals surface area contributed by atoms with E-state index in [0.29, 0.717) is 23.6 Å². The minimum Gasteiger partial charge on any atom is -0.333 e. The van der Waals surface area contributed by atoms with Crippen molar-refractivity contribution < 1.29 is 4.39 Å². The van der Waals surface area contributed by atoms with Gasteiger partial charge in [-0.2, -0.15) is 0 Å². The summed E-state index contributed by atoms with van der Waals surface area (Å²) in [4.78, 5) is 9.55. The second-order valence-electron chi connectivity index (χ2n) is 4.33. The van der Waals surface area contributed by atoms with Gasteiger partial charge in [-0.15, -0.1) is 11.3 Å². The van der Waals surface area contributed by atoms with Crippen molar-refractivity contribution in [2.75, 3.05) is 0 Å². The summed E-state index contributed by atoms with van der Waals surface area (Å²) in [6.07, 6.45) is 3.53.